The smallest absolute Gasteiger partial charge is 0.323 e. The standard InChI is InChI=1S/C21H23FN4O3/c1-25-20(12-18(24-25)19-8-4-10-29-19)23-21(27)26(14-17-7-3-9-28-17)13-15-5-2-6-16(22)11-15/h2,4-6,8,10-12,17H,3,7,9,13-14H2,1H3,(H,23,27). The third-order valence-corrected chi connectivity index (χ3v) is 4.89. The third-order valence-electron chi connectivity index (χ3n) is 4.89. The highest BCUT2D eigenvalue weighted by molar-refractivity contribution is 5.89. The van der Waals surface area contributed by atoms with Crippen LogP contribution in [0.5, 0.6) is 0 Å². The van der Waals surface area contributed by atoms with Crippen LogP contribution in [0.15, 0.2) is 53.1 Å². The Morgan fingerprint density at radius 1 is 1.34 bits per heavy atom. The molecule has 7 nitrogen and oxygen atoms in total. The van der Waals surface area contributed by atoms with E-state index in [0.717, 1.165) is 18.4 Å². The van der Waals surface area contributed by atoms with Gasteiger partial charge in [-0.2, -0.15) is 5.10 Å². The normalized spacial score (nSPS) is 16.1. The van der Waals surface area contributed by atoms with E-state index in [4.69, 9.17) is 9.15 Å². The molecule has 2 aromatic heterocycles. The molecule has 152 valence electrons. The van der Waals surface area contributed by atoms with Gasteiger partial charge in [0, 0.05) is 32.8 Å². The summed E-state index contributed by atoms with van der Waals surface area (Å²) in [7, 11) is 1.75. The van der Waals surface area contributed by atoms with Crippen LogP contribution in [0.3, 0.4) is 0 Å². The summed E-state index contributed by atoms with van der Waals surface area (Å²) in [5, 5.41) is 7.28. The summed E-state index contributed by atoms with van der Waals surface area (Å²) in [5.74, 6) is 0.838. The van der Waals surface area contributed by atoms with Crippen molar-refractivity contribution in [3.63, 3.8) is 0 Å². The molecule has 3 heterocycles. The van der Waals surface area contributed by atoms with E-state index in [2.05, 4.69) is 10.4 Å². The number of nitrogens with zero attached hydrogens (tertiary/aromatic N) is 3. The molecule has 1 fully saturated rings. The van der Waals surface area contributed by atoms with Gasteiger partial charge in [0.1, 0.15) is 17.3 Å². The maximum absolute atomic E-state index is 13.6. The first-order valence-corrected chi connectivity index (χ1v) is 9.58. The minimum atomic E-state index is -0.324. The molecule has 8 heteroatoms. The largest absolute Gasteiger partial charge is 0.463 e. The van der Waals surface area contributed by atoms with Crippen LogP contribution in [0.4, 0.5) is 15.0 Å². The molecule has 1 N–H and O–H groups in total. The number of benzene rings is 1. The van der Waals surface area contributed by atoms with E-state index in [9.17, 15) is 9.18 Å². The number of aryl methyl sites for hydroxylation is 1. The number of ether oxygens (including phenoxy) is 1. The lowest BCUT2D eigenvalue weighted by Gasteiger charge is -2.26. The number of rotatable bonds is 6. The summed E-state index contributed by atoms with van der Waals surface area (Å²) in [5.41, 5.74) is 1.35. The number of urea groups is 1. The molecule has 29 heavy (non-hydrogen) atoms. The Kier molecular flexibility index (Phi) is 5.62. The Morgan fingerprint density at radius 2 is 2.24 bits per heavy atom. The molecule has 0 aliphatic carbocycles. The lowest BCUT2D eigenvalue weighted by atomic mass is 10.2. The molecule has 1 saturated heterocycles. The molecule has 2 amide bonds. The number of halogens is 1. The second-order valence-electron chi connectivity index (χ2n) is 7.09. The van der Waals surface area contributed by atoms with Crippen molar-refractivity contribution in [2.45, 2.75) is 25.5 Å². The van der Waals surface area contributed by atoms with E-state index in [1.807, 2.05) is 6.07 Å². The van der Waals surface area contributed by atoms with Gasteiger partial charge >= 0.3 is 6.03 Å². The maximum atomic E-state index is 13.6. The van der Waals surface area contributed by atoms with Crippen LogP contribution in [0.25, 0.3) is 11.5 Å². The molecular formula is C21H23FN4O3. The van der Waals surface area contributed by atoms with Crippen molar-refractivity contribution < 1.29 is 18.3 Å². The number of nitrogens with one attached hydrogen (secondary N) is 1. The first kappa shape index (κ1) is 19.2. The van der Waals surface area contributed by atoms with Crippen LogP contribution in [-0.2, 0) is 18.3 Å². The molecular weight excluding hydrogens is 375 g/mol. The van der Waals surface area contributed by atoms with Gasteiger partial charge in [-0.25, -0.2) is 9.18 Å². The predicted octanol–water partition coefficient (Wildman–Crippen LogP) is 4.03. The number of furan rings is 1. The Bertz CT molecular complexity index is 964. The fraction of sp³-hybridized carbons (Fsp3) is 0.333. The molecule has 3 aromatic rings. The number of aromatic nitrogens is 2. The fourth-order valence-electron chi connectivity index (χ4n) is 3.43. The van der Waals surface area contributed by atoms with Crippen LogP contribution >= 0.6 is 0 Å². The van der Waals surface area contributed by atoms with Gasteiger partial charge in [-0.3, -0.25) is 10.00 Å². The molecule has 1 atom stereocenters. The summed E-state index contributed by atoms with van der Waals surface area (Å²) >= 11 is 0. The fourth-order valence-corrected chi connectivity index (χ4v) is 3.43. The number of carbonyl (C=O) groups is 1. The molecule has 1 aliphatic heterocycles. The number of anilines is 1. The highest BCUT2D eigenvalue weighted by Gasteiger charge is 2.24. The average Bonchev–Trinajstić information content (AvgIpc) is 3.44. The van der Waals surface area contributed by atoms with Crippen LogP contribution in [-0.4, -0.2) is 40.0 Å². The van der Waals surface area contributed by atoms with Gasteiger partial charge in [0.25, 0.3) is 0 Å². The van der Waals surface area contributed by atoms with Gasteiger partial charge in [-0.05, 0) is 42.7 Å². The molecule has 1 aromatic carbocycles. The monoisotopic (exact) mass is 398 g/mol. The van der Waals surface area contributed by atoms with Gasteiger partial charge < -0.3 is 14.1 Å². The van der Waals surface area contributed by atoms with Crippen molar-refractivity contribution in [2.75, 3.05) is 18.5 Å². The topological polar surface area (TPSA) is 72.5 Å². The van der Waals surface area contributed by atoms with Crippen molar-refractivity contribution in [3.05, 3.63) is 60.1 Å². The van der Waals surface area contributed by atoms with Crippen LogP contribution in [0.1, 0.15) is 18.4 Å². The molecule has 0 radical (unpaired) electrons. The van der Waals surface area contributed by atoms with Crippen molar-refractivity contribution in [1.29, 1.82) is 0 Å². The quantitative estimate of drug-likeness (QED) is 0.680. The van der Waals surface area contributed by atoms with Gasteiger partial charge in [0.2, 0.25) is 0 Å². The number of hydrogen-bond acceptors (Lipinski definition) is 4. The number of amides is 2. The summed E-state index contributed by atoms with van der Waals surface area (Å²) in [4.78, 5) is 14.7. The van der Waals surface area contributed by atoms with Crippen LogP contribution in [0.2, 0.25) is 0 Å². The zero-order valence-electron chi connectivity index (χ0n) is 16.2. The molecule has 4 rings (SSSR count). The summed E-state index contributed by atoms with van der Waals surface area (Å²) in [6, 6.07) is 11.3. The van der Waals surface area contributed by atoms with Gasteiger partial charge in [0.15, 0.2) is 5.76 Å². The van der Waals surface area contributed by atoms with E-state index in [0.29, 0.717) is 30.4 Å². The SMILES string of the molecule is Cn1nc(-c2ccco2)cc1NC(=O)N(Cc1cccc(F)c1)CC1CCCO1. The number of carbonyl (C=O) groups excluding carboxylic acids is 1. The van der Waals surface area contributed by atoms with E-state index in [1.54, 1.807) is 47.2 Å². The van der Waals surface area contributed by atoms with Gasteiger partial charge in [0.05, 0.1) is 12.4 Å². The Hall–Kier alpha value is -3.13. The Morgan fingerprint density at radius 3 is 2.97 bits per heavy atom. The second kappa shape index (κ2) is 8.48. The predicted molar refractivity (Wildman–Crippen MR) is 106 cm³/mol. The van der Waals surface area contributed by atoms with Crippen LogP contribution in [0, 0.1) is 5.82 Å². The molecule has 1 aliphatic rings. The third kappa shape index (κ3) is 4.65. The highest BCUT2D eigenvalue weighted by atomic mass is 19.1. The van der Waals surface area contributed by atoms with E-state index >= 15 is 0 Å². The Balaban J connectivity index is 1.51. The lowest BCUT2D eigenvalue weighted by molar-refractivity contribution is 0.0819. The van der Waals surface area contributed by atoms with E-state index < -0.39 is 0 Å². The minimum absolute atomic E-state index is 0.0143. The van der Waals surface area contributed by atoms with E-state index in [-0.39, 0.29) is 24.5 Å². The van der Waals surface area contributed by atoms with Crippen molar-refractivity contribution in [2.24, 2.45) is 7.05 Å². The summed E-state index contributed by atoms with van der Waals surface area (Å²) < 4.78 is 26.2. The lowest BCUT2D eigenvalue weighted by Crippen LogP contribution is -2.40. The summed E-state index contributed by atoms with van der Waals surface area (Å²) in [6.45, 7) is 1.42. The molecule has 0 spiro atoms. The second-order valence-corrected chi connectivity index (χ2v) is 7.09. The Labute approximate surface area is 168 Å². The van der Waals surface area contributed by atoms with Crippen molar-refractivity contribution in [1.82, 2.24) is 14.7 Å². The average molecular weight is 398 g/mol. The zero-order chi connectivity index (χ0) is 20.2. The van der Waals surface area contributed by atoms with Gasteiger partial charge in [-0.1, -0.05) is 12.1 Å². The highest BCUT2D eigenvalue weighted by Crippen LogP contribution is 2.22. The molecule has 0 bridgehead atoms. The van der Waals surface area contributed by atoms with Gasteiger partial charge in [-0.15, -0.1) is 0 Å². The van der Waals surface area contributed by atoms with E-state index in [1.165, 1.54) is 12.1 Å². The van der Waals surface area contributed by atoms with Crippen molar-refractivity contribution >= 4 is 11.8 Å². The summed E-state index contributed by atoms with van der Waals surface area (Å²) in [6.07, 6.45) is 3.44. The zero-order valence-corrected chi connectivity index (χ0v) is 16.2. The van der Waals surface area contributed by atoms with Crippen molar-refractivity contribution in [3.8, 4) is 11.5 Å². The first-order chi connectivity index (χ1) is 14.1. The molecule has 1 unspecified atom stereocenters. The number of hydrogen-bond donors (Lipinski definition) is 1. The van der Waals surface area contributed by atoms with Crippen LogP contribution < -0.4 is 5.32 Å². The molecule has 0 saturated carbocycles. The first-order valence-electron chi connectivity index (χ1n) is 9.58. The minimum Gasteiger partial charge on any atom is -0.463 e. The maximum Gasteiger partial charge on any atom is 0.323 e.